The van der Waals surface area contributed by atoms with Gasteiger partial charge in [-0.2, -0.15) is 0 Å². The third kappa shape index (κ3) is 5.52. The van der Waals surface area contributed by atoms with E-state index in [1.54, 1.807) is 0 Å². The van der Waals surface area contributed by atoms with Gasteiger partial charge in [0.25, 0.3) is 0 Å². The molecule has 0 amide bonds. The average molecular weight is 693 g/mol. The monoisotopic (exact) mass is 692 g/mol. The molecule has 6 aromatic rings. The molecule has 0 radical (unpaired) electrons. The Morgan fingerprint density at radius 2 is 1.57 bits per heavy atom. The van der Waals surface area contributed by atoms with E-state index in [2.05, 4.69) is 165 Å². The molecule has 4 aliphatic rings. The van der Waals surface area contributed by atoms with Crippen LogP contribution in [0.3, 0.4) is 0 Å². The highest BCUT2D eigenvalue weighted by atomic mass is 16.5. The number of allylic oxidation sites excluding steroid dienone is 3. The predicted octanol–water partition coefficient (Wildman–Crippen LogP) is 8.78. The zero-order valence-electron chi connectivity index (χ0n) is 29.5. The largest absolute Gasteiger partial charge is 0.464 e. The fourth-order valence-corrected chi connectivity index (χ4v) is 8.41. The van der Waals surface area contributed by atoms with Crippen LogP contribution in [-0.2, 0) is 11.2 Å². The minimum absolute atomic E-state index is 0.0507. The van der Waals surface area contributed by atoms with Crippen molar-refractivity contribution in [3.63, 3.8) is 0 Å². The molecule has 7 nitrogen and oxygen atoms in total. The van der Waals surface area contributed by atoms with Crippen molar-refractivity contribution in [2.75, 3.05) is 13.6 Å². The van der Waals surface area contributed by atoms with Gasteiger partial charge in [0.05, 0.1) is 17.3 Å². The third-order valence-electron chi connectivity index (χ3n) is 11.0. The van der Waals surface area contributed by atoms with Crippen molar-refractivity contribution in [3.8, 4) is 5.69 Å². The maximum absolute atomic E-state index is 6.74. The summed E-state index contributed by atoms with van der Waals surface area (Å²) < 4.78 is 9.19. The van der Waals surface area contributed by atoms with Gasteiger partial charge in [0.1, 0.15) is 6.17 Å². The first-order chi connectivity index (χ1) is 26.2. The molecule has 3 aliphatic heterocycles. The molecule has 260 valence electrons. The first kappa shape index (κ1) is 31.4. The first-order valence-electron chi connectivity index (χ1n) is 18.4. The van der Waals surface area contributed by atoms with Crippen molar-refractivity contribution in [2.45, 2.75) is 31.3 Å². The van der Waals surface area contributed by atoms with Gasteiger partial charge in [0.2, 0.25) is 0 Å². The molecule has 3 atom stereocenters. The molecule has 1 aliphatic carbocycles. The van der Waals surface area contributed by atoms with E-state index in [0.717, 1.165) is 47.7 Å². The minimum Gasteiger partial charge on any atom is -0.464 e. The molecular formula is C46H40N6O. The molecule has 0 saturated heterocycles. The number of hydrogen-bond donors (Lipinski definition) is 3. The number of nitrogens with one attached hydrogen (secondary N) is 3. The van der Waals surface area contributed by atoms with Crippen LogP contribution in [0.2, 0.25) is 0 Å². The van der Waals surface area contributed by atoms with E-state index in [1.165, 1.54) is 50.1 Å². The molecule has 0 spiro atoms. The molecule has 0 fully saturated rings. The van der Waals surface area contributed by atoms with Gasteiger partial charge < -0.3 is 25.3 Å². The van der Waals surface area contributed by atoms with Crippen molar-refractivity contribution in [1.29, 1.82) is 0 Å². The van der Waals surface area contributed by atoms with Gasteiger partial charge in [-0.1, -0.05) is 91.0 Å². The minimum atomic E-state index is -0.184. The number of para-hydroxylation sites is 1. The molecule has 0 bridgehead atoms. The van der Waals surface area contributed by atoms with E-state index in [0.29, 0.717) is 0 Å². The van der Waals surface area contributed by atoms with E-state index < -0.39 is 0 Å². The highest BCUT2D eigenvalue weighted by Gasteiger charge is 2.36. The van der Waals surface area contributed by atoms with Crippen molar-refractivity contribution in [3.05, 3.63) is 197 Å². The molecule has 0 saturated carbocycles. The lowest BCUT2D eigenvalue weighted by Crippen LogP contribution is -2.41. The molecule has 5 heterocycles. The second-order valence-electron chi connectivity index (χ2n) is 14.1. The van der Waals surface area contributed by atoms with Crippen LogP contribution in [0.4, 0.5) is 0 Å². The average Bonchev–Trinajstić information content (AvgIpc) is 3.82. The number of benzene rings is 4. The number of pyridine rings is 1. The summed E-state index contributed by atoms with van der Waals surface area (Å²) in [6, 6.07) is 41.5. The summed E-state index contributed by atoms with van der Waals surface area (Å²) in [6.45, 7) is 0.851. The fourth-order valence-electron chi connectivity index (χ4n) is 8.41. The summed E-state index contributed by atoms with van der Waals surface area (Å²) in [5.74, 6) is 0.980. The Bertz CT molecular complexity index is 2460. The lowest BCUT2D eigenvalue weighted by Gasteiger charge is -2.40. The Labute approximate surface area is 309 Å². The lowest BCUT2D eigenvalue weighted by molar-refractivity contribution is 0.174. The van der Waals surface area contributed by atoms with Crippen LogP contribution in [0.5, 0.6) is 0 Å². The smallest absolute Gasteiger partial charge is 0.196 e. The van der Waals surface area contributed by atoms with E-state index in [1.807, 2.05) is 24.7 Å². The SMILES string of the molecule is CN1C(c2ccc(C3=CCNC=C3)cc2)C=C(c2ccncc2)NC1c1cccc(-n2c3c(c4ccccc42)C2=C(CC3)NC(c3ccccc3)O2)c1. The van der Waals surface area contributed by atoms with Crippen molar-refractivity contribution >= 4 is 27.9 Å². The Hall–Kier alpha value is -6.31. The molecule has 53 heavy (non-hydrogen) atoms. The first-order valence-corrected chi connectivity index (χ1v) is 18.4. The molecule has 2 aromatic heterocycles. The molecule has 3 unspecified atom stereocenters. The number of dihydropyridines is 1. The lowest BCUT2D eigenvalue weighted by atomic mass is 9.95. The van der Waals surface area contributed by atoms with Crippen LogP contribution >= 0.6 is 0 Å². The number of rotatable bonds is 6. The predicted molar refractivity (Wildman–Crippen MR) is 212 cm³/mol. The standard InChI is InChI=1S/C46H40N6O/c1-51-42(33-16-14-30(15-17-33)31-20-24-47-25-21-31)29-39(32-22-26-48-27-23-32)49-45(51)35-10-7-11-36(28-35)52-40-13-6-5-12-37(40)43-41(52)19-18-38-44(43)53-46(50-38)34-8-3-2-4-9-34/h2-17,20-24,26-29,42,45-47,49-50H,18-19,25H2,1H3. The zero-order valence-corrected chi connectivity index (χ0v) is 29.5. The van der Waals surface area contributed by atoms with Gasteiger partial charge in [0.15, 0.2) is 12.0 Å². The molecule has 7 heteroatoms. The van der Waals surface area contributed by atoms with E-state index >= 15 is 0 Å². The van der Waals surface area contributed by atoms with E-state index in [-0.39, 0.29) is 18.4 Å². The van der Waals surface area contributed by atoms with Crippen LogP contribution < -0.4 is 16.0 Å². The number of hydrogen-bond acceptors (Lipinski definition) is 6. The number of ether oxygens (including phenoxy) is 1. The second-order valence-corrected chi connectivity index (χ2v) is 14.1. The van der Waals surface area contributed by atoms with Crippen LogP contribution in [0, 0.1) is 0 Å². The number of aromatic nitrogens is 2. The van der Waals surface area contributed by atoms with Gasteiger partial charge >= 0.3 is 0 Å². The molecule has 3 N–H and O–H groups in total. The summed E-state index contributed by atoms with van der Waals surface area (Å²) in [5, 5.41) is 12.1. The van der Waals surface area contributed by atoms with Gasteiger partial charge in [-0.25, -0.2) is 0 Å². The zero-order chi connectivity index (χ0) is 35.3. The summed E-state index contributed by atoms with van der Waals surface area (Å²) in [5.41, 5.74) is 14.3. The Balaban J connectivity index is 1.03. The van der Waals surface area contributed by atoms with Crippen molar-refractivity contribution in [1.82, 2.24) is 30.4 Å². The summed E-state index contributed by atoms with van der Waals surface area (Å²) >= 11 is 0. The summed E-state index contributed by atoms with van der Waals surface area (Å²) in [7, 11) is 2.22. The topological polar surface area (TPSA) is 66.4 Å². The van der Waals surface area contributed by atoms with Gasteiger partial charge in [-0.3, -0.25) is 9.88 Å². The van der Waals surface area contributed by atoms with Crippen LogP contribution in [-0.4, -0.2) is 28.0 Å². The number of fused-ring (bicyclic) bond motifs is 4. The van der Waals surface area contributed by atoms with E-state index in [9.17, 15) is 0 Å². The quantitative estimate of drug-likeness (QED) is 0.162. The molecular weight excluding hydrogens is 653 g/mol. The van der Waals surface area contributed by atoms with Gasteiger partial charge in [-0.05, 0) is 90.8 Å². The van der Waals surface area contributed by atoms with Crippen LogP contribution in [0.1, 0.15) is 63.9 Å². The Kier molecular flexibility index (Phi) is 7.73. The van der Waals surface area contributed by atoms with Crippen LogP contribution in [0.25, 0.3) is 33.6 Å². The second kappa shape index (κ2) is 13.0. The van der Waals surface area contributed by atoms with Gasteiger partial charge in [0, 0.05) is 58.1 Å². The van der Waals surface area contributed by atoms with Gasteiger partial charge in [-0.15, -0.1) is 0 Å². The maximum atomic E-state index is 6.74. The Morgan fingerprint density at radius 3 is 2.40 bits per heavy atom. The van der Waals surface area contributed by atoms with Crippen molar-refractivity contribution < 1.29 is 4.74 Å². The van der Waals surface area contributed by atoms with E-state index in [4.69, 9.17) is 4.74 Å². The van der Waals surface area contributed by atoms with Crippen molar-refractivity contribution in [2.24, 2.45) is 0 Å². The maximum Gasteiger partial charge on any atom is 0.196 e. The summed E-state index contributed by atoms with van der Waals surface area (Å²) in [6.07, 6.45) is 14.0. The number of likely N-dealkylation sites (N-methyl/N-ethyl adjacent to an activating group) is 1. The highest BCUT2D eigenvalue weighted by Crippen LogP contribution is 2.45. The third-order valence-corrected chi connectivity index (χ3v) is 11.0. The fraction of sp³-hybridized carbons (Fsp3) is 0.152. The normalized spacial score (nSPS) is 20.7. The number of nitrogens with zero attached hydrogens (tertiary/aromatic N) is 3. The summed E-state index contributed by atoms with van der Waals surface area (Å²) in [4.78, 5) is 6.74. The highest BCUT2D eigenvalue weighted by molar-refractivity contribution is 5.96. The van der Waals surface area contributed by atoms with Crippen LogP contribution in [0.15, 0.2) is 158 Å². The molecule has 10 rings (SSSR count). The Morgan fingerprint density at radius 1 is 0.755 bits per heavy atom. The molecule has 4 aromatic carbocycles.